The van der Waals surface area contributed by atoms with Gasteiger partial charge in [-0.15, -0.1) is 0 Å². The maximum Gasteiger partial charge on any atom is 0.292 e. The highest BCUT2D eigenvalue weighted by atomic mass is 35.5. The lowest BCUT2D eigenvalue weighted by atomic mass is 10.2. The van der Waals surface area contributed by atoms with Crippen LogP contribution in [-0.2, 0) is 9.59 Å². The smallest absolute Gasteiger partial charge is 0.292 e. The van der Waals surface area contributed by atoms with Gasteiger partial charge in [0.25, 0.3) is 11.6 Å². The van der Waals surface area contributed by atoms with E-state index in [1.54, 1.807) is 24.3 Å². The number of para-hydroxylation sites is 2. The van der Waals surface area contributed by atoms with Crippen molar-refractivity contribution in [1.82, 2.24) is 4.90 Å². The van der Waals surface area contributed by atoms with E-state index in [0.29, 0.717) is 20.7 Å². The average Bonchev–Trinajstić information content (AvgIpc) is 2.97. The second kappa shape index (κ2) is 9.84. The molecule has 1 aliphatic heterocycles. The maximum absolute atomic E-state index is 12.6. The van der Waals surface area contributed by atoms with Gasteiger partial charge in [0, 0.05) is 24.1 Å². The number of amides is 2. The monoisotopic (exact) mass is 461 g/mol. The van der Waals surface area contributed by atoms with Gasteiger partial charge in [0.1, 0.15) is 10.0 Å². The van der Waals surface area contributed by atoms with Crippen LogP contribution in [0.1, 0.15) is 18.4 Å². The fraction of sp³-hybridized carbons (Fsp3) is 0.150. The Kier molecular flexibility index (Phi) is 7.20. The van der Waals surface area contributed by atoms with E-state index in [4.69, 9.17) is 23.8 Å². The molecular formula is C20H16ClN3O4S2. The molecule has 1 saturated heterocycles. The van der Waals surface area contributed by atoms with Gasteiger partial charge in [-0.3, -0.25) is 24.6 Å². The minimum atomic E-state index is -0.555. The van der Waals surface area contributed by atoms with Crippen molar-refractivity contribution in [2.45, 2.75) is 12.8 Å². The van der Waals surface area contributed by atoms with Crippen molar-refractivity contribution in [3.8, 4) is 0 Å². The molecule has 1 heterocycles. The first-order valence-electron chi connectivity index (χ1n) is 8.90. The number of benzene rings is 2. The van der Waals surface area contributed by atoms with Gasteiger partial charge in [0.15, 0.2) is 0 Å². The van der Waals surface area contributed by atoms with Crippen LogP contribution in [0.15, 0.2) is 53.4 Å². The van der Waals surface area contributed by atoms with E-state index in [2.05, 4.69) is 5.32 Å². The molecule has 2 aromatic carbocycles. The number of halogens is 1. The Bertz CT molecular complexity index is 1060. The van der Waals surface area contributed by atoms with Crippen molar-refractivity contribution >= 4 is 69.2 Å². The SMILES string of the molecule is O=C(CCCN1C(=O)/C(=C\c2ccccc2Cl)SC1=S)Nc1ccccc1[N+](=O)[O-]. The summed E-state index contributed by atoms with van der Waals surface area (Å²) < 4.78 is 0.414. The minimum Gasteiger partial charge on any atom is -0.320 e. The number of thiocarbonyl (C=S) groups is 1. The van der Waals surface area contributed by atoms with Crippen molar-refractivity contribution in [3.05, 3.63) is 74.1 Å². The number of nitro groups is 1. The first-order chi connectivity index (χ1) is 14.4. The van der Waals surface area contributed by atoms with E-state index in [0.717, 1.165) is 5.56 Å². The van der Waals surface area contributed by atoms with Gasteiger partial charge in [-0.25, -0.2) is 0 Å². The van der Waals surface area contributed by atoms with Crippen LogP contribution in [0.25, 0.3) is 6.08 Å². The first-order valence-corrected chi connectivity index (χ1v) is 10.5. The molecule has 7 nitrogen and oxygen atoms in total. The summed E-state index contributed by atoms with van der Waals surface area (Å²) in [5.74, 6) is -0.606. The highest BCUT2D eigenvalue weighted by Gasteiger charge is 2.31. The third-order valence-electron chi connectivity index (χ3n) is 4.23. The highest BCUT2D eigenvalue weighted by molar-refractivity contribution is 8.26. The molecule has 0 bridgehead atoms. The summed E-state index contributed by atoms with van der Waals surface area (Å²) in [6, 6.07) is 13.1. The molecule has 1 N–H and O–H groups in total. The summed E-state index contributed by atoms with van der Waals surface area (Å²) in [6.07, 6.45) is 2.15. The second-order valence-electron chi connectivity index (χ2n) is 6.28. The summed E-state index contributed by atoms with van der Waals surface area (Å²) in [5, 5.41) is 14.1. The molecule has 30 heavy (non-hydrogen) atoms. The maximum atomic E-state index is 12.6. The minimum absolute atomic E-state index is 0.0900. The van der Waals surface area contributed by atoms with Crippen LogP contribution in [-0.4, -0.2) is 32.5 Å². The molecule has 0 atom stereocenters. The Balaban J connectivity index is 1.57. The molecule has 1 fully saturated rings. The van der Waals surface area contributed by atoms with E-state index in [-0.39, 0.29) is 36.2 Å². The van der Waals surface area contributed by atoms with E-state index in [9.17, 15) is 19.7 Å². The summed E-state index contributed by atoms with van der Waals surface area (Å²) in [5.41, 5.74) is 0.691. The van der Waals surface area contributed by atoms with Gasteiger partial charge in [0.2, 0.25) is 5.91 Å². The van der Waals surface area contributed by atoms with Crippen LogP contribution in [0.4, 0.5) is 11.4 Å². The van der Waals surface area contributed by atoms with Crippen LogP contribution in [0, 0.1) is 10.1 Å². The Morgan fingerprint density at radius 2 is 1.93 bits per heavy atom. The predicted octanol–water partition coefficient (Wildman–Crippen LogP) is 4.87. The zero-order chi connectivity index (χ0) is 21.7. The number of hydrogen-bond acceptors (Lipinski definition) is 6. The lowest BCUT2D eigenvalue weighted by molar-refractivity contribution is -0.383. The molecule has 0 spiro atoms. The Labute approximate surface area is 187 Å². The van der Waals surface area contributed by atoms with E-state index in [1.165, 1.54) is 34.9 Å². The van der Waals surface area contributed by atoms with Crippen molar-refractivity contribution < 1.29 is 14.5 Å². The number of nitrogens with one attached hydrogen (secondary N) is 1. The van der Waals surface area contributed by atoms with Crippen LogP contribution < -0.4 is 5.32 Å². The fourth-order valence-corrected chi connectivity index (χ4v) is 4.26. The Morgan fingerprint density at radius 3 is 2.67 bits per heavy atom. The first kappa shape index (κ1) is 21.9. The third-order valence-corrected chi connectivity index (χ3v) is 5.95. The molecule has 1 aliphatic rings. The number of carbonyl (C=O) groups excluding carboxylic acids is 2. The lowest BCUT2D eigenvalue weighted by Gasteiger charge is -2.14. The summed E-state index contributed by atoms with van der Waals surface area (Å²) in [7, 11) is 0. The number of anilines is 1. The van der Waals surface area contributed by atoms with Gasteiger partial charge in [-0.05, 0) is 30.2 Å². The normalized spacial score (nSPS) is 15.0. The number of hydrogen-bond donors (Lipinski definition) is 1. The summed E-state index contributed by atoms with van der Waals surface area (Å²) in [4.78, 5) is 37.2. The van der Waals surface area contributed by atoms with Crippen LogP contribution in [0.2, 0.25) is 5.02 Å². The molecule has 2 aromatic rings. The number of nitro benzene ring substituents is 1. The molecule has 0 unspecified atom stereocenters. The van der Waals surface area contributed by atoms with Crippen molar-refractivity contribution in [2.75, 3.05) is 11.9 Å². The molecule has 154 valence electrons. The molecule has 0 radical (unpaired) electrons. The van der Waals surface area contributed by atoms with E-state index in [1.807, 2.05) is 12.1 Å². The Hall–Kier alpha value is -2.75. The van der Waals surface area contributed by atoms with E-state index < -0.39 is 4.92 Å². The van der Waals surface area contributed by atoms with Crippen molar-refractivity contribution in [2.24, 2.45) is 0 Å². The zero-order valence-electron chi connectivity index (χ0n) is 15.5. The number of nitrogens with zero attached hydrogens (tertiary/aromatic N) is 2. The topological polar surface area (TPSA) is 92.6 Å². The molecule has 2 amide bonds. The quantitative estimate of drug-likeness (QED) is 0.274. The molecule has 10 heteroatoms. The predicted molar refractivity (Wildman–Crippen MR) is 122 cm³/mol. The zero-order valence-corrected chi connectivity index (χ0v) is 17.9. The van der Waals surface area contributed by atoms with Gasteiger partial charge >= 0.3 is 0 Å². The second-order valence-corrected chi connectivity index (χ2v) is 8.36. The molecule has 0 saturated carbocycles. The third kappa shape index (κ3) is 5.24. The number of rotatable bonds is 7. The standard InChI is InChI=1S/C20H16ClN3O4S2/c21-14-7-2-1-6-13(14)12-17-19(26)23(20(29)30-17)11-5-10-18(25)22-15-8-3-4-9-16(15)24(27)28/h1-4,6-9,12H,5,10-11H2,(H,22,25)/b17-12+. The summed E-state index contributed by atoms with van der Waals surface area (Å²) >= 11 is 12.6. The van der Waals surface area contributed by atoms with Crippen LogP contribution in [0.3, 0.4) is 0 Å². The van der Waals surface area contributed by atoms with Crippen LogP contribution in [0.5, 0.6) is 0 Å². The average molecular weight is 462 g/mol. The van der Waals surface area contributed by atoms with E-state index >= 15 is 0 Å². The van der Waals surface area contributed by atoms with Crippen molar-refractivity contribution in [3.63, 3.8) is 0 Å². The summed E-state index contributed by atoms with van der Waals surface area (Å²) in [6.45, 7) is 0.273. The number of carbonyl (C=O) groups is 2. The number of thioether (sulfide) groups is 1. The van der Waals surface area contributed by atoms with Crippen molar-refractivity contribution in [1.29, 1.82) is 0 Å². The fourth-order valence-electron chi connectivity index (χ4n) is 2.78. The van der Waals surface area contributed by atoms with Gasteiger partial charge in [0.05, 0.1) is 9.83 Å². The molecular weight excluding hydrogens is 446 g/mol. The van der Waals surface area contributed by atoms with Gasteiger partial charge in [-0.2, -0.15) is 0 Å². The lowest BCUT2D eigenvalue weighted by Crippen LogP contribution is -2.29. The van der Waals surface area contributed by atoms with Gasteiger partial charge in [-0.1, -0.05) is 65.9 Å². The van der Waals surface area contributed by atoms with Gasteiger partial charge < -0.3 is 5.32 Å². The molecule has 3 rings (SSSR count). The molecule has 0 aliphatic carbocycles. The molecule has 0 aromatic heterocycles. The Morgan fingerprint density at radius 1 is 1.23 bits per heavy atom. The largest absolute Gasteiger partial charge is 0.320 e. The highest BCUT2D eigenvalue weighted by Crippen LogP contribution is 2.34. The van der Waals surface area contributed by atoms with Crippen LogP contribution >= 0.6 is 35.6 Å².